The zero-order valence-corrected chi connectivity index (χ0v) is 3.63. The van der Waals surface area contributed by atoms with Gasteiger partial charge < -0.3 is 15.0 Å². The Morgan fingerprint density at radius 3 is 2.00 bits per heavy atom. The Morgan fingerprint density at radius 2 is 2.00 bits per heavy atom. The van der Waals surface area contributed by atoms with E-state index in [1.165, 1.54) is 0 Å². The molecule has 8 heavy (non-hydrogen) atoms. The Balaban J connectivity index is 3.83. The van der Waals surface area contributed by atoms with Crippen molar-refractivity contribution in [2.75, 3.05) is 0 Å². The van der Waals surface area contributed by atoms with Crippen LogP contribution in [-0.4, -0.2) is 23.2 Å². The summed E-state index contributed by atoms with van der Waals surface area (Å²) in [5, 5.41) is 16.8. The van der Waals surface area contributed by atoms with Crippen molar-refractivity contribution in [1.82, 2.24) is 0 Å². The van der Waals surface area contributed by atoms with Gasteiger partial charge in [-0.15, -0.1) is 0 Å². The number of alkyl halides is 1. The van der Waals surface area contributed by atoms with Crippen LogP contribution < -0.4 is 5.11 Å². The SMILES string of the molecule is O=C([O-])C(F)C(=O)O. The summed E-state index contributed by atoms with van der Waals surface area (Å²) in [6.07, 6.45) is -2.91. The highest BCUT2D eigenvalue weighted by molar-refractivity contribution is 5.94. The normalized spacial score (nSPS) is 12.6. The molecule has 5 heteroatoms. The molecule has 0 saturated carbocycles. The quantitative estimate of drug-likeness (QED) is 0.435. The van der Waals surface area contributed by atoms with E-state index in [2.05, 4.69) is 0 Å². The first-order valence-electron chi connectivity index (χ1n) is 1.63. The first-order valence-corrected chi connectivity index (χ1v) is 1.63. The Hall–Kier alpha value is -1.13. The van der Waals surface area contributed by atoms with Crippen molar-refractivity contribution in [2.45, 2.75) is 6.17 Å². The van der Waals surface area contributed by atoms with Crippen molar-refractivity contribution in [3.8, 4) is 0 Å². The molecule has 0 rings (SSSR count). The third-order valence-corrected chi connectivity index (χ3v) is 0.424. The molecule has 0 fully saturated rings. The van der Waals surface area contributed by atoms with Gasteiger partial charge in [-0.3, -0.25) is 0 Å². The van der Waals surface area contributed by atoms with E-state index in [4.69, 9.17) is 5.11 Å². The summed E-state index contributed by atoms with van der Waals surface area (Å²) in [5.74, 6) is -4.26. The van der Waals surface area contributed by atoms with Crippen molar-refractivity contribution >= 4 is 11.9 Å². The summed E-state index contributed by atoms with van der Waals surface area (Å²) in [5.41, 5.74) is 0. The van der Waals surface area contributed by atoms with Crippen LogP contribution in [0.4, 0.5) is 4.39 Å². The zero-order chi connectivity index (χ0) is 6.73. The molecule has 0 aromatic heterocycles. The second-order valence-electron chi connectivity index (χ2n) is 1.02. The molecule has 46 valence electrons. The fourth-order valence-electron chi connectivity index (χ4n) is 0.101. The van der Waals surface area contributed by atoms with Crippen LogP contribution in [0, 0.1) is 0 Å². The molecule has 0 saturated heterocycles. The second kappa shape index (κ2) is 2.25. The van der Waals surface area contributed by atoms with Gasteiger partial charge >= 0.3 is 5.97 Å². The minimum atomic E-state index is -2.91. The second-order valence-corrected chi connectivity index (χ2v) is 1.02. The molecule has 1 unspecified atom stereocenters. The fourth-order valence-corrected chi connectivity index (χ4v) is 0.101. The number of carboxylic acid groups (broad SMARTS) is 2. The number of aliphatic carboxylic acids is 2. The topological polar surface area (TPSA) is 77.4 Å². The highest BCUT2D eigenvalue weighted by Gasteiger charge is 2.15. The van der Waals surface area contributed by atoms with Gasteiger partial charge in [0.15, 0.2) is 0 Å². The van der Waals surface area contributed by atoms with Gasteiger partial charge in [-0.1, -0.05) is 0 Å². The molecular weight excluding hydrogens is 119 g/mol. The van der Waals surface area contributed by atoms with E-state index in [1.807, 2.05) is 0 Å². The van der Waals surface area contributed by atoms with Crippen molar-refractivity contribution in [1.29, 1.82) is 0 Å². The van der Waals surface area contributed by atoms with Crippen molar-refractivity contribution < 1.29 is 24.2 Å². The Bertz CT molecular complexity index is 106. The molecule has 0 aliphatic carbocycles. The summed E-state index contributed by atoms with van der Waals surface area (Å²) in [6, 6.07) is 0. The average Bonchev–Trinajstić information content (AvgIpc) is 1.64. The van der Waals surface area contributed by atoms with Gasteiger partial charge in [0, 0.05) is 0 Å². The monoisotopic (exact) mass is 121 g/mol. The molecule has 4 nitrogen and oxygen atoms in total. The minimum Gasteiger partial charge on any atom is -0.546 e. The molecular formula is C3H2FO4-. The van der Waals surface area contributed by atoms with Crippen LogP contribution in [0.5, 0.6) is 0 Å². The zero-order valence-electron chi connectivity index (χ0n) is 3.63. The molecule has 0 spiro atoms. The largest absolute Gasteiger partial charge is 0.546 e. The lowest BCUT2D eigenvalue weighted by molar-refractivity contribution is -0.310. The van der Waals surface area contributed by atoms with Gasteiger partial charge in [0.05, 0.1) is 5.97 Å². The lowest BCUT2D eigenvalue weighted by Gasteiger charge is -2.00. The molecule has 0 amide bonds. The van der Waals surface area contributed by atoms with Crippen LogP contribution in [0.3, 0.4) is 0 Å². The van der Waals surface area contributed by atoms with E-state index < -0.39 is 18.1 Å². The van der Waals surface area contributed by atoms with Crippen LogP contribution in [0.2, 0.25) is 0 Å². The smallest absolute Gasteiger partial charge is 0.344 e. The first kappa shape index (κ1) is 6.87. The Kier molecular flexibility index (Phi) is 1.93. The number of carbonyl (C=O) groups is 2. The Labute approximate surface area is 43.5 Å². The van der Waals surface area contributed by atoms with Crippen molar-refractivity contribution in [3.05, 3.63) is 0 Å². The van der Waals surface area contributed by atoms with Crippen molar-refractivity contribution in [2.24, 2.45) is 0 Å². The van der Waals surface area contributed by atoms with Crippen LogP contribution in [0.1, 0.15) is 0 Å². The number of rotatable bonds is 2. The van der Waals surface area contributed by atoms with E-state index in [0.717, 1.165) is 0 Å². The van der Waals surface area contributed by atoms with Crippen LogP contribution in [0.25, 0.3) is 0 Å². The lowest BCUT2D eigenvalue weighted by Crippen LogP contribution is -2.37. The molecule has 1 N–H and O–H groups in total. The summed E-state index contributed by atoms with van der Waals surface area (Å²) in [7, 11) is 0. The third-order valence-electron chi connectivity index (χ3n) is 0.424. The molecule has 0 aliphatic rings. The number of carboxylic acids is 2. The number of carbonyl (C=O) groups excluding carboxylic acids is 1. The maximum Gasteiger partial charge on any atom is 0.344 e. The van der Waals surface area contributed by atoms with Crippen molar-refractivity contribution in [3.63, 3.8) is 0 Å². The van der Waals surface area contributed by atoms with Crippen LogP contribution in [-0.2, 0) is 9.59 Å². The third kappa shape index (κ3) is 1.55. The van der Waals surface area contributed by atoms with Gasteiger partial charge in [-0.2, -0.15) is 0 Å². The molecule has 0 bridgehead atoms. The van der Waals surface area contributed by atoms with E-state index >= 15 is 0 Å². The molecule has 0 aromatic rings. The molecule has 0 aliphatic heterocycles. The maximum absolute atomic E-state index is 11.4. The van der Waals surface area contributed by atoms with Gasteiger partial charge in [0.1, 0.15) is 0 Å². The molecule has 0 radical (unpaired) electrons. The molecule has 0 aromatic carbocycles. The standard InChI is InChI=1S/C3H3FO4/c4-1(2(5)6)3(7)8/h1H,(H,5,6)(H,7,8)/p-1. The first-order chi connectivity index (χ1) is 3.55. The van der Waals surface area contributed by atoms with Gasteiger partial charge in [-0.05, 0) is 0 Å². The maximum atomic E-state index is 11.4. The highest BCUT2D eigenvalue weighted by Crippen LogP contribution is 1.85. The van der Waals surface area contributed by atoms with E-state index in [0.29, 0.717) is 0 Å². The van der Waals surface area contributed by atoms with Crippen LogP contribution >= 0.6 is 0 Å². The number of hydrogen-bond donors (Lipinski definition) is 1. The summed E-state index contributed by atoms with van der Waals surface area (Å²) in [4.78, 5) is 18.6. The summed E-state index contributed by atoms with van der Waals surface area (Å²) < 4.78 is 11.4. The molecule has 0 heterocycles. The van der Waals surface area contributed by atoms with E-state index in [1.54, 1.807) is 0 Å². The Morgan fingerprint density at radius 1 is 1.62 bits per heavy atom. The van der Waals surface area contributed by atoms with Gasteiger partial charge in [-0.25, -0.2) is 9.18 Å². The number of halogens is 1. The summed E-state index contributed by atoms with van der Waals surface area (Å²) in [6.45, 7) is 0. The number of hydrogen-bond acceptors (Lipinski definition) is 3. The predicted molar refractivity (Wildman–Crippen MR) is 17.5 cm³/mol. The van der Waals surface area contributed by atoms with Gasteiger partial charge in [0.25, 0.3) is 0 Å². The average molecular weight is 121 g/mol. The predicted octanol–water partition coefficient (Wildman–Crippen LogP) is -1.84. The lowest BCUT2D eigenvalue weighted by atomic mass is 10.4. The van der Waals surface area contributed by atoms with Gasteiger partial charge in [0.2, 0.25) is 6.17 Å². The van der Waals surface area contributed by atoms with Crippen LogP contribution in [0.15, 0.2) is 0 Å². The van der Waals surface area contributed by atoms with E-state index in [9.17, 15) is 19.1 Å². The summed E-state index contributed by atoms with van der Waals surface area (Å²) >= 11 is 0. The fraction of sp³-hybridized carbons (Fsp3) is 0.333. The highest BCUT2D eigenvalue weighted by atomic mass is 19.1. The molecule has 1 atom stereocenters. The van der Waals surface area contributed by atoms with E-state index in [-0.39, 0.29) is 0 Å². The minimum absolute atomic E-state index is 2.04.